The van der Waals surface area contributed by atoms with Crippen LogP contribution in [0.1, 0.15) is 26.3 Å². The van der Waals surface area contributed by atoms with Crippen LogP contribution >= 0.6 is 11.6 Å². The van der Waals surface area contributed by atoms with E-state index in [1.165, 1.54) is 5.69 Å². The van der Waals surface area contributed by atoms with Crippen LogP contribution < -0.4 is 4.90 Å². The van der Waals surface area contributed by atoms with Crippen molar-refractivity contribution in [3.05, 3.63) is 106 Å². The average Bonchev–Trinajstić information content (AvgIpc) is 2.83. The number of carbonyl (C=O) groups excluding carboxylic acids is 2. The molecule has 0 atom stereocenters. The SMILES string of the molecule is O=C1C(c2ccc(Cl)cc2)=C(N2CCN(c3ccccc3)CC2)C(=O)c2ccccc21. The molecule has 1 aliphatic heterocycles. The molecule has 0 saturated carbocycles. The van der Waals surface area contributed by atoms with E-state index in [-0.39, 0.29) is 11.6 Å². The number of carbonyl (C=O) groups is 2. The lowest BCUT2D eigenvalue weighted by Crippen LogP contribution is -2.48. The number of benzene rings is 3. The molecular weight excluding hydrogens is 408 g/mol. The number of piperazine rings is 1. The number of ketones is 2. The molecule has 154 valence electrons. The normalized spacial score (nSPS) is 16.5. The third-order valence-corrected chi connectivity index (χ3v) is 6.20. The molecular formula is C26H21ClN2O2. The Bertz CT molecular complexity index is 1180. The first-order chi connectivity index (χ1) is 15.1. The highest BCUT2D eigenvalue weighted by atomic mass is 35.5. The van der Waals surface area contributed by atoms with Crippen LogP contribution in [0.15, 0.2) is 84.6 Å². The van der Waals surface area contributed by atoms with Crippen molar-refractivity contribution in [3.8, 4) is 0 Å². The molecule has 0 bridgehead atoms. The van der Waals surface area contributed by atoms with Gasteiger partial charge in [0.2, 0.25) is 5.78 Å². The van der Waals surface area contributed by atoms with E-state index in [2.05, 4.69) is 21.9 Å². The molecule has 31 heavy (non-hydrogen) atoms. The molecule has 0 radical (unpaired) electrons. The zero-order chi connectivity index (χ0) is 21.4. The molecule has 1 aliphatic carbocycles. The Morgan fingerprint density at radius 1 is 0.613 bits per heavy atom. The molecule has 2 aliphatic rings. The van der Waals surface area contributed by atoms with Crippen LogP contribution in [0.3, 0.4) is 0 Å². The van der Waals surface area contributed by atoms with E-state index in [0.717, 1.165) is 18.7 Å². The molecule has 3 aromatic rings. The number of hydrogen-bond acceptors (Lipinski definition) is 4. The number of hydrogen-bond donors (Lipinski definition) is 0. The van der Waals surface area contributed by atoms with Gasteiger partial charge >= 0.3 is 0 Å². The molecule has 0 N–H and O–H groups in total. The number of para-hydroxylation sites is 1. The van der Waals surface area contributed by atoms with Crippen LogP contribution in [0, 0.1) is 0 Å². The standard InChI is InChI=1S/C26H21ClN2O2/c27-19-12-10-18(11-13-19)23-24(26(31)22-9-5-4-8-21(22)25(23)30)29-16-14-28(15-17-29)20-6-2-1-3-7-20/h1-13H,14-17H2. The van der Waals surface area contributed by atoms with Crippen molar-refractivity contribution < 1.29 is 9.59 Å². The molecule has 0 unspecified atom stereocenters. The highest BCUT2D eigenvalue weighted by molar-refractivity contribution is 6.40. The Hall–Kier alpha value is -3.37. The van der Waals surface area contributed by atoms with Gasteiger partial charge in [0, 0.05) is 48.0 Å². The number of rotatable bonds is 3. The summed E-state index contributed by atoms with van der Waals surface area (Å²) in [4.78, 5) is 31.5. The van der Waals surface area contributed by atoms with E-state index < -0.39 is 0 Å². The predicted molar refractivity (Wildman–Crippen MR) is 124 cm³/mol. The van der Waals surface area contributed by atoms with Gasteiger partial charge in [0.05, 0.1) is 11.3 Å². The summed E-state index contributed by atoms with van der Waals surface area (Å²) in [6.07, 6.45) is 0. The number of nitrogens with zero attached hydrogens (tertiary/aromatic N) is 2. The Balaban J connectivity index is 1.55. The van der Waals surface area contributed by atoms with Crippen molar-refractivity contribution in [1.29, 1.82) is 0 Å². The van der Waals surface area contributed by atoms with Crippen LogP contribution in [0.4, 0.5) is 5.69 Å². The molecule has 5 rings (SSSR count). The summed E-state index contributed by atoms with van der Waals surface area (Å²) in [5.41, 5.74) is 3.80. The zero-order valence-corrected chi connectivity index (χ0v) is 17.7. The lowest BCUT2D eigenvalue weighted by atomic mass is 9.83. The Morgan fingerprint density at radius 3 is 1.81 bits per heavy atom. The van der Waals surface area contributed by atoms with E-state index in [9.17, 15) is 9.59 Å². The largest absolute Gasteiger partial charge is 0.368 e. The number of allylic oxidation sites excluding steroid dienone is 2. The lowest BCUT2D eigenvalue weighted by molar-refractivity contribution is 0.0956. The van der Waals surface area contributed by atoms with Gasteiger partial charge in [0.15, 0.2) is 5.78 Å². The van der Waals surface area contributed by atoms with E-state index in [1.807, 2.05) is 36.4 Å². The number of anilines is 1. The van der Waals surface area contributed by atoms with Gasteiger partial charge in [-0.25, -0.2) is 0 Å². The first-order valence-corrected chi connectivity index (χ1v) is 10.7. The predicted octanol–water partition coefficient (Wildman–Crippen LogP) is 4.95. The van der Waals surface area contributed by atoms with Crippen molar-refractivity contribution in [1.82, 2.24) is 4.90 Å². The van der Waals surface area contributed by atoms with Gasteiger partial charge in [-0.2, -0.15) is 0 Å². The molecule has 1 fully saturated rings. The molecule has 0 amide bonds. The first kappa shape index (κ1) is 19.6. The van der Waals surface area contributed by atoms with Crippen LogP contribution in [-0.2, 0) is 0 Å². The highest BCUT2D eigenvalue weighted by Gasteiger charge is 2.36. The van der Waals surface area contributed by atoms with Gasteiger partial charge in [-0.15, -0.1) is 0 Å². The third kappa shape index (κ3) is 3.53. The summed E-state index contributed by atoms with van der Waals surface area (Å²) in [6.45, 7) is 2.90. The van der Waals surface area contributed by atoms with Crippen LogP contribution in [-0.4, -0.2) is 42.6 Å². The zero-order valence-electron chi connectivity index (χ0n) is 16.9. The summed E-state index contributed by atoms with van der Waals surface area (Å²) in [5, 5.41) is 0.595. The van der Waals surface area contributed by atoms with E-state index in [0.29, 0.717) is 40.5 Å². The summed E-state index contributed by atoms with van der Waals surface area (Å²) >= 11 is 6.07. The van der Waals surface area contributed by atoms with Crippen molar-refractivity contribution >= 4 is 34.4 Å². The van der Waals surface area contributed by atoms with Crippen molar-refractivity contribution in [3.63, 3.8) is 0 Å². The number of fused-ring (bicyclic) bond motifs is 1. The molecule has 3 aromatic carbocycles. The second kappa shape index (κ2) is 8.05. The molecule has 1 saturated heterocycles. The maximum atomic E-state index is 13.6. The quantitative estimate of drug-likeness (QED) is 0.591. The maximum Gasteiger partial charge on any atom is 0.210 e. The van der Waals surface area contributed by atoms with Crippen molar-refractivity contribution in [2.24, 2.45) is 0 Å². The summed E-state index contributed by atoms with van der Waals surface area (Å²) in [6, 6.07) is 24.5. The molecule has 4 nitrogen and oxygen atoms in total. The second-order valence-electron chi connectivity index (χ2n) is 7.74. The van der Waals surface area contributed by atoms with Gasteiger partial charge in [0.1, 0.15) is 0 Å². The number of halogens is 1. The van der Waals surface area contributed by atoms with Crippen LogP contribution in [0.25, 0.3) is 5.57 Å². The summed E-state index contributed by atoms with van der Waals surface area (Å²) in [5.74, 6) is -0.202. The fraction of sp³-hybridized carbons (Fsp3) is 0.154. The van der Waals surface area contributed by atoms with Crippen LogP contribution in [0.5, 0.6) is 0 Å². The minimum atomic E-state index is -0.113. The van der Waals surface area contributed by atoms with E-state index >= 15 is 0 Å². The van der Waals surface area contributed by atoms with Gasteiger partial charge in [0.25, 0.3) is 0 Å². The minimum absolute atomic E-state index is 0.0895. The van der Waals surface area contributed by atoms with Crippen LogP contribution in [0.2, 0.25) is 5.02 Å². The fourth-order valence-electron chi connectivity index (χ4n) is 4.38. The summed E-state index contributed by atoms with van der Waals surface area (Å²) in [7, 11) is 0. The Kier molecular flexibility index (Phi) is 5.08. The highest BCUT2D eigenvalue weighted by Crippen LogP contribution is 2.35. The number of Topliss-reactive ketones (excluding diaryl/α,β-unsaturated/α-hetero) is 2. The Labute approximate surface area is 186 Å². The van der Waals surface area contributed by atoms with Gasteiger partial charge < -0.3 is 9.80 Å². The smallest absolute Gasteiger partial charge is 0.210 e. The fourth-order valence-corrected chi connectivity index (χ4v) is 4.50. The van der Waals surface area contributed by atoms with Gasteiger partial charge in [-0.05, 0) is 29.8 Å². The van der Waals surface area contributed by atoms with Gasteiger partial charge in [-0.3, -0.25) is 9.59 Å². The summed E-state index contributed by atoms with van der Waals surface area (Å²) < 4.78 is 0. The average molecular weight is 429 g/mol. The molecule has 0 aromatic heterocycles. The van der Waals surface area contributed by atoms with E-state index in [1.54, 1.807) is 30.3 Å². The minimum Gasteiger partial charge on any atom is -0.368 e. The van der Waals surface area contributed by atoms with Gasteiger partial charge in [-0.1, -0.05) is 66.2 Å². The monoisotopic (exact) mass is 428 g/mol. The lowest BCUT2D eigenvalue weighted by Gasteiger charge is -2.39. The molecule has 0 spiro atoms. The van der Waals surface area contributed by atoms with Crippen molar-refractivity contribution in [2.45, 2.75) is 0 Å². The molecule has 5 heteroatoms. The maximum absolute atomic E-state index is 13.6. The molecule has 1 heterocycles. The third-order valence-electron chi connectivity index (χ3n) is 5.95. The topological polar surface area (TPSA) is 40.6 Å². The van der Waals surface area contributed by atoms with Crippen molar-refractivity contribution in [2.75, 3.05) is 31.1 Å². The Morgan fingerprint density at radius 2 is 1.16 bits per heavy atom. The second-order valence-corrected chi connectivity index (χ2v) is 8.18. The van der Waals surface area contributed by atoms with E-state index in [4.69, 9.17) is 11.6 Å². The first-order valence-electron chi connectivity index (χ1n) is 10.4.